The summed E-state index contributed by atoms with van der Waals surface area (Å²) >= 11 is 6.19. The number of rotatable bonds is 2. The van der Waals surface area contributed by atoms with Gasteiger partial charge in [-0.25, -0.2) is 4.79 Å². The zero-order chi connectivity index (χ0) is 20.5. The fraction of sp³-hybridized carbons (Fsp3) is 0.167. The summed E-state index contributed by atoms with van der Waals surface area (Å²) in [6, 6.07) is 18.7. The molecule has 3 aromatic carbocycles. The van der Waals surface area contributed by atoms with Gasteiger partial charge in [0.05, 0.1) is 12.1 Å². The first kappa shape index (κ1) is 19.2. The predicted octanol–water partition coefficient (Wildman–Crippen LogP) is 5.36. The molecule has 5 heteroatoms. The van der Waals surface area contributed by atoms with E-state index in [1.807, 2.05) is 36.4 Å². The summed E-state index contributed by atoms with van der Waals surface area (Å²) in [6.45, 7) is 2.07. The molecule has 146 valence electrons. The van der Waals surface area contributed by atoms with E-state index in [0.717, 1.165) is 46.3 Å². The first-order chi connectivity index (χ1) is 13.9. The number of benzene rings is 3. The van der Waals surface area contributed by atoms with E-state index in [0.29, 0.717) is 11.6 Å². The molecule has 0 unspecified atom stereocenters. The van der Waals surface area contributed by atoms with Gasteiger partial charge in [-0.1, -0.05) is 41.9 Å². The van der Waals surface area contributed by atoms with Crippen LogP contribution in [0.4, 0.5) is 5.69 Å². The Morgan fingerprint density at radius 2 is 1.66 bits per heavy atom. The van der Waals surface area contributed by atoms with Crippen molar-refractivity contribution in [2.75, 3.05) is 4.90 Å². The molecule has 0 fully saturated rings. The van der Waals surface area contributed by atoms with E-state index in [9.17, 15) is 14.7 Å². The molecular formula is C24H20ClNO3. The number of carbonyl (C=O) groups excluding carboxylic acids is 1. The quantitative estimate of drug-likeness (QED) is 0.624. The van der Waals surface area contributed by atoms with E-state index < -0.39 is 5.97 Å². The highest BCUT2D eigenvalue weighted by Crippen LogP contribution is 2.32. The lowest BCUT2D eigenvalue weighted by Crippen LogP contribution is -2.30. The normalized spacial score (nSPS) is 13.1. The predicted molar refractivity (Wildman–Crippen MR) is 115 cm³/mol. The molecule has 1 aliphatic rings. The van der Waals surface area contributed by atoms with Gasteiger partial charge >= 0.3 is 5.97 Å². The molecule has 0 saturated carbocycles. The zero-order valence-corrected chi connectivity index (χ0v) is 16.7. The highest BCUT2D eigenvalue weighted by molar-refractivity contribution is 6.30. The van der Waals surface area contributed by atoms with Crippen molar-refractivity contribution in [1.82, 2.24) is 0 Å². The number of anilines is 1. The van der Waals surface area contributed by atoms with Crippen molar-refractivity contribution < 1.29 is 14.7 Å². The van der Waals surface area contributed by atoms with E-state index >= 15 is 0 Å². The van der Waals surface area contributed by atoms with Crippen LogP contribution in [0, 0.1) is 0 Å². The molecule has 1 heterocycles. The maximum atomic E-state index is 12.3. The second-order valence-electron chi connectivity index (χ2n) is 7.25. The largest absolute Gasteiger partial charge is 0.478 e. The third-order valence-electron chi connectivity index (χ3n) is 5.35. The Kier molecular flexibility index (Phi) is 5.12. The van der Waals surface area contributed by atoms with E-state index in [-0.39, 0.29) is 11.5 Å². The lowest BCUT2D eigenvalue weighted by Gasteiger charge is -2.28. The van der Waals surface area contributed by atoms with E-state index in [1.165, 1.54) is 0 Å². The SMILES string of the molecule is CC(=O)N1Cc2ccc(-c3cccc(C(=O)O)c3)cc2CCc2cc(Cl)ccc21. The lowest BCUT2D eigenvalue weighted by molar-refractivity contribution is -0.116. The molecule has 4 rings (SSSR count). The summed E-state index contributed by atoms with van der Waals surface area (Å²) in [4.78, 5) is 25.4. The molecule has 0 spiro atoms. The van der Waals surface area contributed by atoms with Gasteiger partial charge < -0.3 is 10.0 Å². The van der Waals surface area contributed by atoms with Gasteiger partial charge in [-0.2, -0.15) is 0 Å². The first-order valence-corrected chi connectivity index (χ1v) is 9.82. The minimum absolute atomic E-state index is 0.0142. The topological polar surface area (TPSA) is 57.6 Å². The number of halogens is 1. The zero-order valence-electron chi connectivity index (χ0n) is 16.0. The molecule has 0 bridgehead atoms. The highest BCUT2D eigenvalue weighted by Gasteiger charge is 2.21. The maximum absolute atomic E-state index is 12.3. The molecule has 0 radical (unpaired) electrons. The number of carboxylic acids is 1. The van der Waals surface area contributed by atoms with Crippen molar-refractivity contribution in [1.29, 1.82) is 0 Å². The molecule has 4 nitrogen and oxygen atoms in total. The summed E-state index contributed by atoms with van der Waals surface area (Å²) in [5.74, 6) is -0.955. The smallest absolute Gasteiger partial charge is 0.335 e. The van der Waals surface area contributed by atoms with Crippen molar-refractivity contribution in [3.63, 3.8) is 0 Å². The van der Waals surface area contributed by atoms with E-state index in [2.05, 4.69) is 6.07 Å². The molecule has 0 aromatic heterocycles. The molecule has 0 aliphatic carbocycles. The fourth-order valence-corrected chi connectivity index (χ4v) is 4.04. The molecular weight excluding hydrogens is 386 g/mol. The average molecular weight is 406 g/mol. The molecule has 1 amide bonds. The minimum atomic E-state index is -0.941. The van der Waals surface area contributed by atoms with Gasteiger partial charge in [0.25, 0.3) is 0 Å². The number of carbonyl (C=O) groups is 2. The van der Waals surface area contributed by atoms with Crippen molar-refractivity contribution in [2.45, 2.75) is 26.3 Å². The van der Waals surface area contributed by atoms with Crippen molar-refractivity contribution >= 4 is 29.2 Å². The third kappa shape index (κ3) is 3.89. The molecule has 29 heavy (non-hydrogen) atoms. The Hall–Kier alpha value is -3.11. The average Bonchev–Trinajstić information content (AvgIpc) is 2.69. The standard InChI is InChI=1S/C24H20ClNO3/c1-15(27)26-14-21-8-6-17(16-3-2-4-20(12-16)24(28)29)11-18(21)5-7-19-13-22(25)9-10-23(19)26/h2-4,6,8-13H,5,7,14H2,1H3,(H,28,29). The van der Waals surface area contributed by atoms with Gasteiger partial charge in [0.15, 0.2) is 0 Å². The third-order valence-corrected chi connectivity index (χ3v) is 5.59. The van der Waals surface area contributed by atoms with Crippen LogP contribution in [0.1, 0.15) is 34.0 Å². The number of hydrogen-bond acceptors (Lipinski definition) is 2. The van der Waals surface area contributed by atoms with Crippen LogP contribution >= 0.6 is 11.6 Å². The molecule has 0 atom stereocenters. The lowest BCUT2D eigenvalue weighted by atomic mass is 9.92. The van der Waals surface area contributed by atoms with Crippen LogP contribution in [0.25, 0.3) is 11.1 Å². The number of hydrogen-bond donors (Lipinski definition) is 1. The van der Waals surface area contributed by atoms with Crippen LogP contribution in [0.15, 0.2) is 60.7 Å². The van der Waals surface area contributed by atoms with E-state index in [4.69, 9.17) is 11.6 Å². The minimum Gasteiger partial charge on any atom is -0.478 e. The van der Waals surface area contributed by atoms with Crippen LogP contribution in [0.2, 0.25) is 5.02 Å². The molecule has 1 N–H and O–H groups in total. The second kappa shape index (κ2) is 7.72. The van der Waals surface area contributed by atoms with Crippen LogP contribution < -0.4 is 4.90 Å². The Morgan fingerprint density at radius 1 is 0.897 bits per heavy atom. The van der Waals surface area contributed by atoms with Crippen LogP contribution in [0.5, 0.6) is 0 Å². The van der Waals surface area contributed by atoms with Crippen molar-refractivity contribution in [3.05, 3.63) is 87.9 Å². The van der Waals surface area contributed by atoms with Crippen LogP contribution in [0.3, 0.4) is 0 Å². The van der Waals surface area contributed by atoms with Gasteiger partial charge in [-0.15, -0.1) is 0 Å². The van der Waals surface area contributed by atoms with Gasteiger partial charge in [0.2, 0.25) is 5.91 Å². The summed E-state index contributed by atoms with van der Waals surface area (Å²) in [6.07, 6.45) is 1.59. The van der Waals surface area contributed by atoms with Gasteiger partial charge in [0, 0.05) is 17.6 Å². The van der Waals surface area contributed by atoms with Gasteiger partial charge in [0.1, 0.15) is 0 Å². The van der Waals surface area contributed by atoms with Crippen LogP contribution in [-0.4, -0.2) is 17.0 Å². The van der Waals surface area contributed by atoms with Gasteiger partial charge in [-0.3, -0.25) is 4.79 Å². The van der Waals surface area contributed by atoms with Crippen molar-refractivity contribution in [3.8, 4) is 11.1 Å². The summed E-state index contributed by atoms with van der Waals surface area (Å²) in [5, 5.41) is 9.92. The summed E-state index contributed by atoms with van der Waals surface area (Å²) in [5.41, 5.74) is 6.30. The number of fused-ring (bicyclic) bond motifs is 2. The second-order valence-corrected chi connectivity index (χ2v) is 7.68. The highest BCUT2D eigenvalue weighted by atomic mass is 35.5. The Bertz CT molecular complexity index is 1120. The Labute approximate surface area is 174 Å². The first-order valence-electron chi connectivity index (χ1n) is 9.44. The van der Waals surface area contributed by atoms with Crippen molar-refractivity contribution in [2.24, 2.45) is 0 Å². The number of aryl methyl sites for hydroxylation is 2. The number of aromatic carboxylic acids is 1. The molecule has 1 aliphatic heterocycles. The van der Waals surface area contributed by atoms with E-state index in [1.54, 1.807) is 30.0 Å². The Morgan fingerprint density at radius 3 is 2.41 bits per heavy atom. The summed E-state index contributed by atoms with van der Waals surface area (Å²) < 4.78 is 0. The fourth-order valence-electron chi connectivity index (χ4n) is 3.85. The molecule has 0 saturated heterocycles. The van der Waals surface area contributed by atoms with Gasteiger partial charge in [-0.05, 0) is 71.0 Å². The number of carboxylic acid groups (broad SMARTS) is 1. The Balaban J connectivity index is 1.75. The number of nitrogens with zero attached hydrogens (tertiary/aromatic N) is 1. The maximum Gasteiger partial charge on any atom is 0.335 e. The van der Waals surface area contributed by atoms with Crippen LogP contribution in [-0.2, 0) is 24.2 Å². The monoisotopic (exact) mass is 405 g/mol. The number of amides is 1. The summed E-state index contributed by atoms with van der Waals surface area (Å²) in [7, 11) is 0. The molecule has 3 aromatic rings.